The highest BCUT2D eigenvalue weighted by atomic mass is 16.4. The van der Waals surface area contributed by atoms with E-state index in [4.69, 9.17) is 0 Å². The normalized spacial score (nSPS) is 49.8. The van der Waals surface area contributed by atoms with Crippen molar-refractivity contribution in [2.45, 2.75) is 126 Å². The Morgan fingerprint density at radius 2 is 1.71 bits per heavy atom. The zero-order valence-corrected chi connectivity index (χ0v) is 23.6. The second kappa shape index (κ2) is 7.83. The number of rotatable bonds is 4. The van der Waals surface area contributed by atoms with Gasteiger partial charge in [0.15, 0.2) is 0 Å². The van der Waals surface area contributed by atoms with E-state index in [9.17, 15) is 15.0 Å². The summed E-state index contributed by atoms with van der Waals surface area (Å²) in [4.78, 5) is 12.3. The summed E-state index contributed by atoms with van der Waals surface area (Å²) < 4.78 is 0. The third kappa shape index (κ3) is 3.27. The molecule has 3 saturated carbocycles. The van der Waals surface area contributed by atoms with Crippen LogP contribution in [0.2, 0.25) is 0 Å². The first-order valence-electron chi connectivity index (χ1n) is 14.1. The van der Waals surface area contributed by atoms with Crippen LogP contribution >= 0.6 is 0 Å². The van der Waals surface area contributed by atoms with E-state index in [0.29, 0.717) is 17.8 Å². The quantitative estimate of drug-likeness (QED) is 0.409. The number of aliphatic carboxylic acids is 1. The average Bonchev–Trinajstić information content (AvgIpc) is 2.75. The summed E-state index contributed by atoms with van der Waals surface area (Å²) in [5, 5.41) is 20.8. The highest BCUT2D eigenvalue weighted by Crippen LogP contribution is 2.74. The number of allylic oxidation sites excluding steroid dienone is 2. The molecule has 0 aromatic heterocycles. The van der Waals surface area contributed by atoms with Crippen LogP contribution in [-0.2, 0) is 4.79 Å². The minimum atomic E-state index is -0.609. The number of hydrogen-bond donors (Lipinski definition) is 2. The fourth-order valence-corrected chi connectivity index (χ4v) is 9.92. The molecule has 0 saturated heterocycles. The first-order chi connectivity index (χ1) is 15.5. The van der Waals surface area contributed by atoms with E-state index in [1.165, 1.54) is 25.7 Å². The molecule has 0 aliphatic heterocycles. The van der Waals surface area contributed by atoms with Gasteiger partial charge < -0.3 is 10.2 Å². The molecule has 0 amide bonds. The van der Waals surface area contributed by atoms with Crippen LogP contribution in [0, 0.1) is 50.2 Å². The van der Waals surface area contributed by atoms with Gasteiger partial charge in [0.2, 0.25) is 0 Å². The van der Waals surface area contributed by atoms with Crippen LogP contribution in [0.15, 0.2) is 11.6 Å². The van der Waals surface area contributed by atoms with Crippen LogP contribution in [0.25, 0.3) is 0 Å². The molecule has 2 N–H and O–H groups in total. The highest BCUT2D eigenvalue weighted by Gasteiger charge is 2.66. The number of aliphatic hydroxyl groups excluding tert-OH is 1. The Labute approximate surface area is 209 Å². The summed E-state index contributed by atoms with van der Waals surface area (Å²) in [6.07, 6.45) is 12.0. The third-order valence-corrected chi connectivity index (χ3v) is 13.4. The summed E-state index contributed by atoms with van der Waals surface area (Å²) in [6.45, 7) is 21.0. The maximum atomic E-state index is 12.3. The predicted molar refractivity (Wildman–Crippen MR) is 139 cm³/mol. The number of carbonyl (C=O) groups is 1. The van der Waals surface area contributed by atoms with E-state index in [2.05, 4.69) is 54.5 Å². The summed E-state index contributed by atoms with van der Waals surface area (Å²) in [5.74, 6) is 0.870. The number of fused-ring (bicyclic) bond motifs is 5. The van der Waals surface area contributed by atoms with Crippen LogP contribution in [0.3, 0.4) is 0 Å². The van der Waals surface area contributed by atoms with Gasteiger partial charge in [0, 0.05) is 0 Å². The van der Waals surface area contributed by atoms with Crippen molar-refractivity contribution in [1.29, 1.82) is 0 Å². The SMILES string of the molecule is CC[C@@]1(C)C(C(C)(C)[C@H](C)O)CC[C@]2(C)C1CC=C1[C@@H]3C[C@@](C)(C(=O)O)CC[C@]3(C)CC[C@]12C. The Hall–Kier alpha value is -0.830. The van der Waals surface area contributed by atoms with Crippen molar-refractivity contribution < 1.29 is 15.0 Å². The molecular weight excluding hydrogens is 420 g/mol. The van der Waals surface area contributed by atoms with E-state index in [1.54, 1.807) is 5.57 Å². The zero-order valence-electron chi connectivity index (χ0n) is 23.6. The second-order valence-electron chi connectivity index (χ2n) is 14.9. The summed E-state index contributed by atoms with van der Waals surface area (Å²) in [7, 11) is 0. The Morgan fingerprint density at radius 3 is 2.26 bits per heavy atom. The molecule has 0 aromatic carbocycles. The molecule has 34 heavy (non-hydrogen) atoms. The van der Waals surface area contributed by atoms with Crippen molar-refractivity contribution in [3.8, 4) is 0 Å². The molecule has 2 unspecified atom stereocenters. The van der Waals surface area contributed by atoms with Gasteiger partial charge in [0.05, 0.1) is 11.5 Å². The van der Waals surface area contributed by atoms with Crippen LogP contribution in [0.5, 0.6) is 0 Å². The van der Waals surface area contributed by atoms with Gasteiger partial charge in [0.25, 0.3) is 0 Å². The molecule has 0 spiro atoms. The molecule has 9 atom stereocenters. The van der Waals surface area contributed by atoms with E-state index in [0.717, 1.165) is 32.1 Å². The first kappa shape index (κ1) is 26.2. The van der Waals surface area contributed by atoms with E-state index < -0.39 is 11.4 Å². The molecule has 0 radical (unpaired) electrons. The molecule has 194 valence electrons. The molecule has 4 aliphatic carbocycles. The molecular formula is C31H52O3. The van der Waals surface area contributed by atoms with E-state index in [-0.39, 0.29) is 33.2 Å². The topological polar surface area (TPSA) is 57.5 Å². The summed E-state index contributed by atoms with van der Waals surface area (Å²) in [5.41, 5.74) is 1.68. The van der Waals surface area contributed by atoms with Crippen molar-refractivity contribution in [3.63, 3.8) is 0 Å². The van der Waals surface area contributed by atoms with Gasteiger partial charge in [-0.15, -0.1) is 0 Å². The minimum absolute atomic E-state index is 0.102. The van der Waals surface area contributed by atoms with Gasteiger partial charge in [-0.3, -0.25) is 4.79 Å². The Bertz CT molecular complexity index is 872. The Kier molecular flexibility index (Phi) is 6.04. The van der Waals surface area contributed by atoms with Gasteiger partial charge in [-0.1, -0.05) is 66.5 Å². The summed E-state index contributed by atoms with van der Waals surface area (Å²) in [6, 6.07) is 0. The standard InChI is InChI=1S/C31H52O3/c1-10-29(7)23(26(3,4)20(2)32)13-14-31(9)24(29)12-11-21-22-19-28(6,25(33)34)16-15-27(22,5)17-18-30(21,31)8/h11,20,22-24,32H,10,12-19H2,1-9H3,(H,33,34)/t20-,22-,23?,24?,27+,28-,29-,30+,31+/m0/s1. The molecule has 3 heteroatoms. The van der Waals surface area contributed by atoms with Gasteiger partial charge >= 0.3 is 5.97 Å². The molecule has 4 rings (SSSR count). The van der Waals surface area contributed by atoms with Gasteiger partial charge in [-0.2, -0.15) is 0 Å². The zero-order chi connectivity index (χ0) is 25.5. The molecule has 0 aromatic rings. The van der Waals surface area contributed by atoms with Crippen LogP contribution in [-0.4, -0.2) is 22.3 Å². The van der Waals surface area contributed by atoms with Crippen molar-refractivity contribution in [1.82, 2.24) is 0 Å². The Morgan fingerprint density at radius 1 is 1.09 bits per heavy atom. The highest BCUT2D eigenvalue weighted by molar-refractivity contribution is 5.74. The van der Waals surface area contributed by atoms with Gasteiger partial charge in [-0.25, -0.2) is 0 Å². The maximum absolute atomic E-state index is 12.3. The molecule has 3 fully saturated rings. The fraction of sp³-hybridized carbons (Fsp3) is 0.903. The molecule has 0 heterocycles. The van der Waals surface area contributed by atoms with E-state index in [1.807, 2.05) is 13.8 Å². The smallest absolute Gasteiger partial charge is 0.309 e. The first-order valence-corrected chi connectivity index (χ1v) is 14.1. The minimum Gasteiger partial charge on any atom is -0.481 e. The second-order valence-corrected chi connectivity index (χ2v) is 14.9. The van der Waals surface area contributed by atoms with Crippen molar-refractivity contribution >= 4 is 5.97 Å². The lowest BCUT2D eigenvalue weighted by Gasteiger charge is -2.70. The van der Waals surface area contributed by atoms with Crippen molar-refractivity contribution in [3.05, 3.63) is 11.6 Å². The Balaban J connectivity index is 1.79. The summed E-state index contributed by atoms with van der Waals surface area (Å²) >= 11 is 0. The lowest BCUT2D eigenvalue weighted by molar-refractivity contribution is -0.179. The fourth-order valence-electron chi connectivity index (χ4n) is 9.92. The van der Waals surface area contributed by atoms with Crippen LogP contribution in [0.1, 0.15) is 120 Å². The van der Waals surface area contributed by atoms with Crippen molar-refractivity contribution in [2.75, 3.05) is 0 Å². The lowest BCUT2D eigenvalue weighted by Crippen LogP contribution is -2.62. The number of aliphatic hydroxyl groups is 1. The third-order valence-electron chi connectivity index (χ3n) is 13.4. The number of carboxylic acids is 1. The van der Waals surface area contributed by atoms with Gasteiger partial charge in [0.1, 0.15) is 0 Å². The number of carboxylic acid groups (broad SMARTS) is 1. The van der Waals surface area contributed by atoms with Crippen molar-refractivity contribution in [2.24, 2.45) is 50.2 Å². The monoisotopic (exact) mass is 472 g/mol. The van der Waals surface area contributed by atoms with Crippen LogP contribution < -0.4 is 0 Å². The molecule has 0 bridgehead atoms. The molecule has 3 nitrogen and oxygen atoms in total. The largest absolute Gasteiger partial charge is 0.481 e. The maximum Gasteiger partial charge on any atom is 0.309 e. The van der Waals surface area contributed by atoms with E-state index >= 15 is 0 Å². The predicted octanol–water partition coefficient (Wildman–Crippen LogP) is 7.87. The lowest BCUT2D eigenvalue weighted by atomic mass is 9.34. The van der Waals surface area contributed by atoms with Gasteiger partial charge in [-0.05, 0) is 110 Å². The molecule has 4 aliphatic rings. The van der Waals surface area contributed by atoms with Crippen LogP contribution in [0.4, 0.5) is 0 Å². The average molecular weight is 473 g/mol. The number of hydrogen-bond acceptors (Lipinski definition) is 2.